The fraction of sp³-hybridized carbons (Fsp3) is 0.467. The molecule has 1 saturated heterocycles. The van der Waals surface area contributed by atoms with Gasteiger partial charge < -0.3 is 10.6 Å². The van der Waals surface area contributed by atoms with Crippen molar-refractivity contribution < 1.29 is 9.59 Å². The number of amides is 2. The zero-order valence-electron chi connectivity index (χ0n) is 11.1. The number of halogens is 1. The normalized spacial score (nSPS) is 28.6. The van der Waals surface area contributed by atoms with E-state index in [-0.39, 0.29) is 23.8 Å². The van der Waals surface area contributed by atoms with Crippen molar-refractivity contribution in [3.05, 3.63) is 34.9 Å². The third-order valence-corrected chi connectivity index (χ3v) is 4.29. The van der Waals surface area contributed by atoms with Crippen LogP contribution in [0.15, 0.2) is 24.3 Å². The van der Waals surface area contributed by atoms with Gasteiger partial charge in [-0.15, -0.1) is 0 Å². The third-order valence-electron chi connectivity index (χ3n) is 4.04. The molecule has 20 heavy (non-hydrogen) atoms. The van der Waals surface area contributed by atoms with Crippen molar-refractivity contribution in [2.24, 2.45) is 5.92 Å². The Bertz CT molecular complexity index is 519. The molecule has 0 spiro atoms. The van der Waals surface area contributed by atoms with Gasteiger partial charge in [-0.3, -0.25) is 9.59 Å². The van der Waals surface area contributed by atoms with E-state index in [0.29, 0.717) is 23.9 Å². The summed E-state index contributed by atoms with van der Waals surface area (Å²) in [6.07, 6.45) is 2.12. The van der Waals surface area contributed by atoms with Gasteiger partial charge in [-0.1, -0.05) is 23.7 Å². The molecule has 1 aliphatic heterocycles. The van der Waals surface area contributed by atoms with Crippen molar-refractivity contribution in [2.45, 2.75) is 31.2 Å². The van der Waals surface area contributed by atoms with Gasteiger partial charge >= 0.3 is 0 Å². The zero-order chi connectivity index (χ0) is 14.1. The minimum Gasteiger partial charge on any atom is -0.354 e. The fourth-order valence-corrected chi connectivity index (χ4v) is 2.85. The second-order valence-corrected chi connectivity index (χ2v) is 5.98. The number of benzene rings is 1. The summed E-state index contributed by atoms with van der Waals surface area (Å²) in [5, 5.41) is 6.53. The van der Waals surface area contributed by atoms with Crippen LogP contribution in [0.25, 0.3) is 0 Å². The lowest BCUT2D eigenvalue weighted by atomic mass is 10.1. The lowest BCUT2D eigenvalue weighted by Crippen LogP contribution is -2.48. The second-order valence-electron chi connectivity index (χ2n) is 5.55. The van der Waals surface area contributed by atoms with E-state index in [4.69, 9.17) is 11.6 Å². The van der Waals surface area contributed by atoms with Crippen LogP contribution in [0.4, 0.5) is 0 Å². The third kappa shape index (κ3) is 2.96. The molecule has 1 aromatic carbocycles. The van der Waals surface area contributed by atoms with Crippen LogP contribution in [0, 0.1) is 5.92 Å². The molecule has 5 heteroatoms. The number of piperidine rings is 1. The largest absolute Gasteiger partial charge is 0.354 e. The number of nitrogens with one attached hydrogen (secondary N) is 2. The molecule has 1 heterocycles. The molecule has 1 saturated carbocycles. The van der Waals surface area contributed by atoms with Gasteiger partial charge in [0.1, 0.15) is 0 Å². The summed E-state index contributed by atoms with van der Waals surface area (Å²) in [4.78, 5) is 23.2. The molecule has 1 aliphatic carbocycles. The van der Waals surface area contributed by atoms with E-state index in [2.05, 4.69) is 10.6 Å². The highest BCUT2D eigenvalue weighted by Gasteiger charge is 2.44. The number of hydrogen-bond donors (Lipinski definition) is 2. The molecule has 106 valence electrons. The van der Waals surface area contributed by atoms with Gasteiger partial charge in [0.15, 0.2) is 0 Å². The SMILES string of the molecule is O=C1CC[C@H](NC(=O)[C@@H]2C[C@@H]2c2ccc(Cl)cc2)CN1. The van der Waals surface area contributed by atoms with Crippen LogP contribution in [-0.4, -0.2) is 24.4 Å². The highest BCUT2D eigenvalue weighted by molar-refractivity contribution is 6.30. The first kappa shape index (κ1) is 13.4. The van der Waals surface area contributed by atoms with Gasteiger partial charge in [-0.2, -0.15) is 0 Å². The van der Waals surface area contributed by atoms with Crippen LogP contribution in [-0.2, 0) is 9.59 Å². The van der Waals surface area contributed by atoms with Crippen molar-refractivity contribution in [1.82, 2.24) is 10.6 Å². The van der Waals surface area contributed by atoms with Gasteiger partial charge in [-0.05, 0) is 36.5 Å². The maximum absolute atomic E-state index is 12.2. The lowest BCUT2D eigenvalue weighted by Gasteiger charge is -2.23. The lowest BCUT2D eigenvalue weighted by molar-refractivity contribution is -0.126. The van der Waals surface area contributed by atoms with E-state index in [9.17, 15) is 9.59 Å². The van der Waals surface area contributed by atoms with Gasteiger partial charge in [-0.25, -0.2) is 0 Å². The number of hydrogen-bond acceptors (Lipinski definition) is 2. The molecular weight excluding hydrogens is 276 g/mol. The molecule has 0 unspecified atom stereocenters. The molecule has 3 atom stereocenters. The highest BCUT2D eigenvalue weighted by atomic mass is 35.5. The molecule has 1 aromatic rings. The molecule has 2 N–H and O–H groups in total. The molecule has 2 amide bonds. The van der Waals surface area contributed by atoms with Crippen molar-refractivity contribution in [3.8, 4) is 0 Å². The highest BCUT2D eigenvalue weighted by Crippen LogP contribution is 2.47. The average molecular weight is 293 g/mol. The number of rotatable bonds is 3. The summed E-state index contributed by atoms with van der Waals surface area (Å²) < 4.78 is 0. The average Bonchev–Trinajstić information content (AvgIpc) is 3.23. The standard InChI is InChI=1S/C15H17ClN2O2/c16-10-3-1-9(2-4-10)12-7-13(12)15(20)18-11-5-6-14(19)17-8-11/h1-4,11-13H,5-8H2,(H,17,19)(H,18,20)/t11-,12+,13+/m0/s1. The van der Waals surface area contributed by atoms with Crippen LogP contribution in [0.3, 0.4) is 0 Å². The molecule has 2 aliphatic rings. The van der Waals surface area contributed by atoms with Crippen molar-refractivity contribution >= 4 is 23.4 Å². The van der Waals surface area contributed by atoms with Gasteiger partial charge in [0.05, 0.1) is 0 Å². The monoisotopic (exact) mass is 292 g/mol. The first-order valence-corrected chi connectivity index (χ1v) is 7.34. The van der Waals surface area contributed by atoms with E-state index in [1.54, 1.807) is 0 Å². The van der Waals surface area contributed by atoms with Crippen molar-refractivity contribution in [3.63, 3.8) is 0 Å². The predicted molar refractivity (Wildman–Crippen MR) is 76.5 cm³/mol. The fourth-order valence-electron chi connectivity index (χ4n) is 2.73. The minimum atomic E-state index is 0.0637. The van der Waals surface area contributed by atoms with Crippen LogP contribution < -0.4 is 10.6 Å². The Morgan fingerprint density at radius 3 is 2.70 bits per heavy atom. The topological polar surface area (TPSA) is 58.2 Å². The minimum absolute atomic E-state index is 0.0637. The van der Waals surface area contributed by atoms with Gasteiger partial charge in [0, 0.05) is 29.9 Å². The first-order chi connectivity index (χ1) is 9.63. The molecule has 3 rings (SSSR count). The molecular formula is C15H17ClN2O2. The Kier molecular flexibility index (Phi) is 3.66. The van der Waals surface area contributed by atoms with Crippen LogP contribution in [0.5, 0.6) is 0 Å². The van der Waals surface area contributed by atoms with E-state index in [1.165, 1.54) is 5.56 Å². The summed E-state index contributed by atoms with van der Waals surface area (Å²) in [5.41, 5.74) is 1.17. The summed E-state index contributed by atoms with van der Waals surface area (Å²) in [5.74, 6) is 0.548. The Morgan fingerprint density at radius 1 is 1.30 bits per heavy atom. The van der Waals surface area contributed by atoms with E-state index < -0.39 is 0 Å². The van der Waals surface area contributed by atoms with Crippen molar-refractivity contribution in [2.75, 3.05) is 6.54 Å². The van der Waals surface area contributed by atoms with Crippen LogP contribution >= 0.6 is 11.6 Å². The molecule has 0 radical (unpaired) electrons. The zero-order valence-corrected chi connectivity index (χ0v) is 11.8. The Morgan fingerprint density at radius 2 is 2.05 bits per heavy atom. The summed E-state index contributed by atoms with van der Waals surface area (Å²) in [7, 11) is 0. The smallest absolute Gasteiger partial charge is 0.224 e. The molecule has 0 bridgehead atoms. The van der Waals surface area contributed by atoms with Gasteiger partial charge in [0.2, 0.25) is 11.8 Å². The maximum atomic E-state index is 12.2. The van der Waals surface area contributed by atoms with E-state index in [0.717, 1.165) is 12.8 Å². The quantitative estimate of drug-likeness (QED) is 0.893. The Hall–Kier alpha value is -1.55. The van der Waals surface area contributed by atoms with Crippen molar-refractivity contribution in [1.29, 1.82) is 0 Å². The van der Waals surface area contributed by atoms with E-state index >= 15 is 0 Å². The van der Waals surface area contributed by atoms with Gasteiger partial charge in [0.25, 0.3) is 0 Å². The second kappa shape index (κ2) is 5.44. The Labute approximate surface area is 122 Å². The summed E-state index contributed by atoms with van der Waals surface area (Å²) >= 11 is 5.86. The van der Waals surface area contributed by atoms with Crippen LogP contribution in [0.1, 0.15) is 30.7 Å². The number of carbonyl (C=O) groups excluding carboxylic acids is 2. The predicted octanol–water partition coefficient (Wildman–Crippen LogP) is 1.84. The van der Waals surface area contributed by atoms with E-state index in [1.807, 2.05) is 24.3 Å². The Balaban J connectivity index is 1.52. The molecule has 2 fully saturated rings. The summed E-state index contributed by atoms with van der Waals surface area (Å²) in [6.45, 7) is 0.545. The van der Waals surface area contributed by atoms with Crippen LogP contribution in [0.2, 0.25) is 5.02 Å². The summed E-state index contributed by atoms with van der Waals surface area (Å²) in [6, 6.07) is 7.77. The molecule has 4 nitrogen and oxygen atoms in total. The first-order valence-electron chi connectivity index (χ1n) is 6.96. The maximum Gasteiger partial charge on any atom is 0.224 e. The number of carbonyl (C=O) groups is 2. The molecule has 0 aromatic heterocycles.